The van der Waals surface area contributed by atoms with Crippen molar-refractivity contribution in [2.45, 2.75) is 44.3 Å². The second-order valence-corrected chi connectivity index (χ2v) is 8.86. The molecule has 9 heteroatoms. The second-order valence-electron chi connectivity index (χ2n) is 8.86. The maximum absolute atomic E-state index is 13.5. The summed E-state index contributed by atoms with van der Waals surface area (Å²) in [5, 5.41) is 14.2. The van der Waals surface area contributed by atoms with Gasteiger partial charge in [0.05, 0.1) is 12.5 Å². The van der Waals surface area contributed by atoms with Crippen molar-refractivity contribution >= 4 is 30.0 Å². The van der Waals surface area contributed by atoms with Crippen LogP contribution >= 0.6 is 0 Å². The molecule has 1 saturated heterocycles. The minimum atomic E-state index is -1.23. The molecule has 1 unspecified atom stereocenters. The largest absolute Gasteiger partial charge is 0.481 e. The van der Waals surface area contributed by atoms with Crippen LogP contribution in [0.15, 0.2) is 60.7 Å². The van der Waals surface area contributed by atoms with Crippen LogP contribution < -0.4 is 10.6 Å². The summed E-state index contributed by atoms with van der Waals surface area (Å²) >= 11 is 0. The maximum Gasteiger partial charge on any atom is 0.305 e. The normalized spacial score (nSPS) is 18.7. The third-order valence-electron chi connectivity index (χ3n) is 6.03. The predicted molar refractivity (Wildman–Crippen MR) is 127 cm³/mol. The Morgan fingerprint density at radius 2 is 1.60 bits per heavy atom. The standard InChI is InChI=1S/C26H29N3O6/c1-16(2)22(28-24(33)18-11-7-4-8-12-18)26(35)29-14-20(17-9-5-3-6-10-17)23(29)25(34)27-19(15-30)13-21(31)32/h3-12,15-16,19-20,22-23H,13-14H2,1-2H3,(H,27,34)(H,28,33)(H,31,32)/t19-,20?,22-,23-/m0/s1. The Hall–Kier alpha value is -4.01. The molecule has 1 fully saturated rings. The van der Waals surface area contributed by atoms with E-state index in [4.69, 9.17) is 5.11 Å². The number of amides is 3. The number of hydrogen-bond acceptors (Lipinski definition) is 5. The van der Waals surface area contributed by atoms with Crippen molar-refractivity contribution in [1.82, 2.24) is 15.5 Å². The van der Waals surface area contributed by atoms with E-state index in [9.17, 15) is 24.0 Å². The van der Waals surface area contributed by atoms with E-state index < -0.39 is 48.2 Å². The number of benzene rings is 2. The molecule has 1 aliphatic rings. The minimum absolute atomic E-state index is 0.246. The van der Waals surface area contributed by atoms with Crippen LogP contribution in [0.2, 0.25) is 0 Å². The maximum atomic E-state index is 13.5. The fourth-order valence-electron chi connectivity index (χ4n) is 4.14. The van der Waals surface area contributed by atoms with Crippen LogP contribution in [0.1, 0.15) is 42.1 Å². The molecule has 2 aromatic carbocycles. The molecular formula is C26H29N3O6. The van der Waals surface area contributed by atoms with Gasteiger partial charge < -0.3 is 25.4 Å². The van der Waals surface area contributed by atoms with Crippen molar-refractivity contribution in [2.75, 3.05) is 6.54 Å². The van der Waals surface area contributed by atoms with Gasteiger partial charge in [0.25, 0.3) is 5.91 Å². The zero-order chi connectivity index (χ0) is 25.5. The monoisotopic (exact) mass is 479 g/mol. The van der Waals surface area contributed by atoms with Crippen molar-refractivity contribution in [3.63, 3.8) is 0 Å². The number of rotatable bonds is 10. The third-order valence-corrected chi connectivity index (χ3v) is 6.03. The lowest BCUT2D eigenvalue weighted by atomic mass is 9.80. The smallest absolute Gasteiger partial charge is 0.305 e. The van der Waals surface area contributed by atoms with E-state index in [1.54, 1.807) is 44.2 Å². The summed E-state index contributed by atoms with van der Waals surface area (Å²) in [6.45, 7) is 3.84. The van der Waals surface area contributed by atoms with Gasteiger partial charge in [0.1, 0.15) is 18.4 Å². The summed E-state index contributed by atoms with van der Waals surface area (Å²) in [5.74, 6) is -3.26. The highest BCUT2D eigenvalue weighted by Gasteiger charge is 2.49. The minimum Gasteiger partial charge on any atom is -0.481 e. The van der Waals surface area contributed by atoms with Gasteiger partial charge in [-0.15, -0.1) is 0 Å². The summed E-state index contributed by atoms with van der Waals surface area (Å²) in [6.07, 6.45) is -0.195. The topological polar surface area (TPSA) is 133 Å². The Bertz CT molecular complexity index is 1070. The molecule has 0 radical (unpaired) electrons. The average molecular weight is 480 g/mol. The molecule has 9 nitrogen and oxygen atoms in total. The first-order valence-electron chi connectivity index (χ1n) is 11.4. The molecular weight excluding hydrogens is 450 g/mol. The summed E-state index contributed by atoms with van der Waals surface area (Å²) in [4.78, 5) is 63.1. The van der Waals surface area contributed by atoms with E-state index in [-0.39, 0.29) is 18.4 Å². The fraction of sp³-hybridized carbons (Fsp3) is 0.346. The predicted octanol–water partition coefficient (Wildman–Crippen LogP) is 1.59. The number of likely N-dealkylation sites (tertiary alicyclic amines) is 1. The number of carbonyl (C=O) groups is 5. The fourth-order valence-corrected chi connectivity index (χ4v) is 4.14. The van der Waals surface area contributed by atoms with Crippen LogP contribution in [-0.4, -0.2) is 64.7 Å². The Balaban J connectivity index is 1.83. The van der Waals surface area contributed by atoms with Crippen LogP contribution in [0.3, 0.4) is 0 Å². The number of carboxylic acids is 1. The summed E-state index contributed by atoms with van der Waals surface area (Å²) in [7, 11) is 0. The molecule has 3 N–H and O–H groups in total. The number of carboxylic acid groups (broad SMARTS) is 1. The van der Waals surface area contributed by atoms with Crippen LogP contribution in [0.25, 0.3) is 0 Å². The van der Waals surface area contributed by atoms with Crippen molar-refractivity contribution < 1.29 is 29.1 Å². The Morgan fingerprint density at radius 3 is 2.14 bits per heavy atom. The zero-order valence-corrected chi connectivity index (χ0v) is 19.6. The Labute approximate surface area is 203 Å². The van der Waals surface area contributed by atoms with Gasteiger partial charge in [0.2, 0.25) is 11.8 Å². The number of aliphatic carboxylic acids is 1. The molecule has 184 valence electrons. The lowest BCUT2D eigenvalue weighted by molar-refractivity contribution is -0.152. The molecule has 1 heterocycles. The highest BCUT2D eigenvalue weighted by Crippen LogP contribution is 2.35. The third kappa shape index (κ3) is 6.11. The molecule has 0 spiro atoms. The molecule has 0 aliphatic carbocycles. The van der Waals surface area contributed by atoms with E-state index in [1.165, 1.54) is 4.90 Å². The van der Waals surface area contributed by atoms with E-state index in [0.717, 1.165) is 5.56 Å². The van der Waals surface area contributed by atoms with Gasteiger partial charge in [-0.2, -0.15) is 0 Å². The number of nitrogens with one attached hydrogen (secondary N) is 2. The number of nitrogens with zero attached hydrogens (tertiary/aromatic N) is 1. The van der Waals surface area contributed by atoms with Gasteiger partial charge in [0.15, 0.2) is 0 Å². The molecule has 1 aliphatic heterocycles. The SMILES string of the molecule is CC(C)[C@H](NC(=O)c1ccccc1)C(=O)N1CC(c2ccccc2)[C@H]1C(=O)N[C@H](C=O)CC(=O)O. The highest BCUT2D eigenvalue weighted by molar-refractivity contribution is 5.99. The van der Waals surface area contributed by atoms with Crippen molar-refractivity contribution in [2.24, 2.45) is 5.92 Å². The van der Waals surface area contributed by atoms with Gasteiger partial charge in [-0.05, 0) is 23.6 Å². The molecule has 4 atom stereocenters. The van der Waals surface area contributed by atoms with Crippen LogP contribution in [0.5, 0.6) is 0 Å². The van der Waals surface area contributed by atoms with E-state index >= 15 is 0 Å². The lowest BCUT2D eigenvalue weighted by Gasteiger charge is -2.49. The van der Waals surface area contributed by atoms with Crippen LogP contribution in [-0.2, 0) is 19.2 Å². The summed E-state index contributed by atoms with van der Waals surface area (Å²) < 4.78 is 0. The van der Waals surface area contributed by atoms with Gasteiger partial charge in [-0.25, -0.2) is 0 Å². The second kappa shape index (κ2) is 11.4. The molecule has 35 heavy (non-hydrogen) atoms. The molecule has 3 rings (SSSR count). The lowest BCUT2D eigenvalue weighted by Crippen LogP contribution is -2.67. The van der Waals surface area contributed by atoms with Gasteiger partial charge in [-0.3, -0.25) is 19.2 Å². The Kier molecular flexibility index (Phi) is 8.35. The van der Waals surface area contributed by atoms with Crippen molar-refractivity contribution in [3.8, 4) is 0 Å². The summed E-state index contributed by atoms with van der Waals surface area (Å²) in [6, 6.07) is 14.7. The summed E-state index contributed by atoms with van der Waals surface area (Å²) in [5.41, 5.74) is 1.25. The zero-order valence-electron chi connectivity index (χ0n) is 19.6. The van der Waals surface area contributed by atoms with Crippen LogP contribution in [0, 0.1) is 5.92 Å². The van der Waals surface area contributed by atoms with Gasteiger partial charge >= 0.3 is 5.97 Å². The highest BCUT2D eigenvalue weighted by atomic mass is 16.4. The molecule has 0 saturated carbocycles. The Morgan fingerprint density at radius 1 is 1.00 bits per heavy atom. The number of carbonyl (C=O) groups excluding carboxylic acids is 4. The van der Waals surface area contributed by atoms with Gasteiger partial charge in [0, 0.05) is 18.0 Å². The molecule has 2 aromatic rings. The number of aldehydes is 1. The van der Waals surface area contributed by atoms with Crippen LogP contribution in [0.4, 0.5) is 0 Å². The first-order valence-corrected chi connectivity index (χ1v) is 11.4. The average Bonchev–Trinajstić information content (AvgIpc) is 2.81. The van der Waals surface area contributed by atoms with Crippen molar-refractivity contribution in [1.29, 1.82) is 0 Å². The van der Waals surface area contributed by atoms with E-state index in [1.807, 2.05) is 30.3 Å². The van der Waals surface area contributed by atoms with Gasteiger partial charge in [-0.1, -0.05) is 62.4 Å². The molecule has 0 aromatic heterocycles. The first-order chi connectivity index (χ1) is 16.7. The molecule has 0 bridgehead atoms. The first kappa shape index (κ1) is 25.6. The van der Waals surface area contributed by atoms with E-state index in [0.29, 0.717) is 11.8 Å². The number of hydrogen-bond donors (Lipinski definition) is 3. The molecule has 3 amide bonds. The van der Waals surface area contributed by atoms with Crippen molar-refractivity contribution in [3.05, 3.63) is 71.8 Å². The van der Waals surface area contributed by atoms with E-state index in [2.05, 4.69) is 10.6 Å². The quantitative estimate of drug-likeness (QED) is 0.444.